The smallest absolute Gasteiger partial charge is 0.234 e. The molecule has 15 heavy (non-hydrogen) atoms. The molecule has 1 fully saturated rings. The van der Waals surface area contributed by atoms with Crippen molar-refractivity contribution in [3.05, 3.63) is 0 Å². The molecule has 0 spiro atoms. The summed E-state index contributed by atoms with van der Waals surface area (Å²) in [5, 5.41) is 0. The molecule has 4 N–H and O–H groups in total. The maximum Gasteiger partial charge on any atom is 0.234 e. The molecule has 1 saturated heterocycles. The average molecular weight is 213 g/mol. The lowest BCUT2D eigenvalue weighted by Crippen LogP contribution is -2.53. The molecule has 0 aliphatic carbocycles. The summed E-state index contributed by atoms with van der Waals surface area (Å²) in [6.07, 6.45) is 1.92. The highest BCUT2D eigenvalue weighted by atomic mass is 16.1. The van der Waals surface area contributed by atoms with E-state index in [1.807, 2.05) is 0 Å². The number of likely N-dealkylation sites (tertiary alicyclic amines) is 1. The molecule has 1 amide bonds. The highest BCUT2D eigenvalue weighted by Gasteiger charge is 2.38. The van der Waals surface area contributed by atoms with Gasteiger partial charge in [0.2, 0.25) is 5.91 Å². The zero-order chi connectivity index (χ0) is 11.6. The number of rotatable bonds is 3. The molecule has 2 atom stereocenters. The number of nitrogens with zero attached hydrogens (tertiary/aromatic N) is 1. The van der Waals surface area contributed by atoms with Crippen molar-refractivity contribution in [1.82, 2.24) is 4.90 Å². The van der Waals surface area contributed by atoms with Crippen molar-refractivity contribution >= 4 is 5.91 Å². The standard InChI is InChI=1S/C11H23N3O/c1-11(2,3)9(7-12)14-6-4-5-8(14)10(13)15/h8-9H,4-7,12H2,1-3H3,(H2,13,15). The lowest BCUT2D eigenvalue weighted by Gasteiger charge is -2.39. The minimum Gasteiger partial charge on any atom is -0.368 e. The summed E-state index contributed by atoms with van der Waals surface area (Å²) in [6, 6.07) is 0.121. The predicted octanol–water partition coefficient (Wildman–Crippen LogP) is 0.310. The van der Waals surface area contributed by atoms with Crippen LogP contribution in [0.1, 0.15) is 33.6 Å². The van der Waals surface area contributed by atoms with E-state index in [0.29, 0.717) is 6.54 Å². The molecule has 1 heterocycles. The summed E-state index contributed by atoms with van der Waals surface area (Å²) in [6.45, 7) is 7.97. The Labute approximate surface area is 92.0 Å². The molecule has 4 heteroatoms. The fourth-order valence-electron chi connectivity index (χ4n) is 2.45. The first-order valence-corrected chi connectivity index (χ1v) is 5.63. The number of nitrogens with two attached hydrogens (primary N) is 2. The predicted molar refractivity (Wildman–Crippen MR) is 61.2 cm³/mol. The molecular weight excluding hydrogens is 190 g/mol. The van der Waals surface area contributed by atoms with Gasteiger partial charge in [-0.3, -0.25) is 9.69 Å². The van der Waals surface area contributed by atoms with Crippen LogP contribution in [0.2, 0.25) is 0 Å². The third-order valence-corrected chi connectivity index (χ3v) is 3.25. The van der Waals surface area contributed by atoms with E-state index in [1.165, 1.54) is 0 Å². The summed E-state index contributed by atoms with van der Waals surface area (Å²) in [5.74, 6) is -0.213. The second-order valence-electron chi connectivity index (χ2n) is 5.42. The van der Waals surface area contributed by atoms with Gasteiger partial charge in [-0.05, 0) is 24.8 Å². The van der Waals surface area contributed by atoms with Gasteiger partial charge in [-0.15, -0.1) is 0 Å². The van der Waals surface area contributed by atoms with Crippen molar-refractivity contribution in [3.8, 4) is 0 Å². The molecule has 2 unspecified atom stereocenters. The van der Waals surface area contributed by atoms with E-state index < -0.39 is 0 Å². The van der Waals surface area contributed by atoms with Crippen LogP contribution in [0.5, 0.6) is 0 Å². The van der Waals surface area contributed by atoms with Crippen LogP contribution >= 0.6 is 0 Å². The largest absolute Gasteiger partial charge is 0.368 e. The molecule has 0 bridgehead atoms. The van der Waals surface area contributed by atoms with Crippen LogP contribution in [-0.4, -0.2) is 36.0 Å². The quantitative estimate of drug-likeness (QED) is 0.708. The van der Waals surface area contributed by atoms with Gasteiger partial charge in [0.15, 0.2) is 0 Å². The zero-order valence-electron chi connectivity index (χ0n) is 9.99. The van der Waals surface area contributed by atoms with Crippen molar-refractivity contribution in [1.29, 1.82) is 0 Å². The zero-order valence-corrected chi connectivity index (χ0v) is 9.99. The van der Waals surface area contributed by atoms with E-state index in [-0.39, 0.29) is 23.4 Å². The van der Waals surface area contributed by atoms with E-state index in [4.69, 9.17) is 11.5 Å². The van der Waals surface area contributed by atoms with E-state index >= 15 is 0 Å². The lowest BCUT2D eigenvalue weighted by atomic mass is 9.85. The van der Waals surface area contributed by atoms with E-state index in [1.54, 1.807) is 0 Å². The number of carbonyl (C=O) groups is 1. The summed E-state index contributed by atoms with van der Waals surface area (Å²) in [7, 11) is 0. The van der Waals surface area contributed by atoms with Crippen LogP contribution in [0.4, 0.5) is 0 Å². The lowest BCUT2D eigenvalue weighted by molar-refractivity contribution is -0.123. The molecule has 0 radical (unpaired) electrons. The van der Waals surface area contributed by atoms with Crippen LogP contribution in [0.15, 0.2) is 0 Å². The summed E-state index contributed by atoms with van der Waals surface area (Å²) >= 11 is 0. The SMILES string of the molecule is CC(C)(C)C(CN)N1CCCC1C(N)=O. The first-order chi connectivity index (χ1) is 6.88. The highest BCUT2D eigenvalue weighted by Crippen LogP contribution is 2.29. The summed E-state index contributed by atoms with van der Waals surface area (Å²) < 4.78 is 0. The Balaban J connectivity index is 2.80. The van der Waals surface area contributed by atoms with Gasteiger partial charge in [0.05, 0.1) is 6.04 Å². The van der Waals surface area contributed by atoms with Gasteiger partial charge in [-0.2, -0.15) is 0 Å². The fraction of sp³-hybridized carbons (Fsp3) is 0.909. The van der Waals surface area contributed by atoms with Crippen LogP contribution in [-0.2, 0) is 4.79 Å². The molecule has 1 rings (SSSR count). The molecule has 0 aromatic carbocycles. The van der Waals surface area contributed by atoms with Gasteiger partial charge in [0, 0.05) is 12.6 Å². The molecule has 0 aromatic rings. The van der Waals surface area contributed by atoms with Gasteiger partial charge < -0.3 is 11.5 Å². The number of primary amides is 1. The number of amides is 1. The molecule has 88 valence electrons. The second-order valence-corrected chi connectivity index (χ2v) is 5.42. The number of carbonyl (C=O) groups excluding carboxylic acids is 1. The number of hydrogen-bond acceptors (Lipinski definition) is 3. The van der Waals surface area contributed by atoms with Gasteiger partial charge in [0.25, 0.3) is 0 Å². The van der Waals surface area contributed by atoms with Crippen molar-refractivity contribution in [2.75, 3.05) is 13.1 Å². The van der Waals surface area contributed by atoms with Gasteiger partial charge >= 0.3 is 0 Å². The minimum atomic E-state index is -0.213. The first kappa shape index (κ1) is 12.5. The Kier molecular flexibility index (Phi) is 3.73. The van der Waals surface area contributed by atoms with Crippen molar-refractivity contribution in [3.63, 3.8) is 0 Å². The molecule has 1 aliphatic heterocycles. The Hall–Kier alpha value is -0.610. The first-order valence-electron chi connectivity index (χ1n) is 5.63. The van der Waals surface area contributed by atoms with Crippen LogP contribution < -0.4 is 11.5 Å². The summed E-state index contributed by atoms with van der Waals surface area (Å²) in [5.41, 5.74) is 11.3. The van der Waals surface area contributed by atoms with Crippen LogP contribution in [0.3, 0.4) is 0 Å². The maximum absolute atomic E-state index is 11.3. The Morgan fingerprint density at radius 1 is 1.53 bits per heavy atom. The third kappa shape index (κ3) is 2.69. The molecule has 0 saturated carbocycles. The topological polar surface area (TPSA) is 72.3 Å². The van der Waals surface area contributed by atoms with Crippen LogP contribution in [0.25, 0.3) is 0 Å². The van der Waals surface area contributed by atoms with Crippen molar-refractivity contribution in [2.24, 2.45) is 16.9 Å². The molecular formula is C11H23N3O. The Morgan fingerprint density at radius 2 is 2.13 bits per heavy atom. The maximum atomic E-state index is 11.3. The van der Waals surface area contributed by atoms with E-state index in [9.17, 15) is 4.79 Å². The summed E-state index contributed by atoms with van der Waals surface area (Å²) in [4.78, 5) is 13.5. The minimum absolute atomic E-state index is 0.0901. The van der Waals surface area contributed by atoms with E-state index in [2.05, 4.69) is 25.7 Å². The third-order valence-electron chi connectivity index (χ3n) is 3.25. The average Bonchev–Trinajstić information content (AvgIpc) is 2.51. The van der Waals surface area contributed by atoms with Crippen LogP contribution in [0, 0.1) is 5.41 Å². The molecule has 4 nitrogen and oxygen atoms in total. The van der Waals surface area contributed by atoms with Crippen molar-refractivity contribution < 1.29 is 4.79 Å². The van der Waals surface area contributed by atoms with Gasteiger partial charge in [0.1, 0.15) is 0 Å². The molecule has 1 aliphatic rings. The molecule has 0 aromatic heterocycles. The Bertz CT molecular complexity index is 234. The second kappa shape index (κ2) is 4.49. The number of hydrogen-bond donors (Lipinski definition) is 2. The van der Waals surface area contributed by atoms with Gasteiger partial charge in [-0.1, -0.05) is 20.8 Å². The monoisotopic (exact) mass is 213 g/mol. The van der Waals surface area contributed by atoms with E-state index in [0.717, 1.165) is 19.4 Å². The van der Waals surface area contributed by atoms with Crippen molar-refractivity contribution in [2.45, 2.75) is 45.7 Å². The highest BCUT2D eigenvalue weighted by molar-refractivity contribution is 5.80. The van der Waals surface area contributed by atoms with Gasteiger partial charge in [-0.25, -0.2) is 0 Å². The fourth-order valence-corrected chi connectivity index (χ4v) is 2.45. The normalized spacial score (nSPS) is 25.5. The Morgan fingerprint density at radius 3 is 2.53 bits per heavy atom.